The van der Waals surface area contributed by atoms with Gasteiger partial charge in [0.1, 0.15) is 6.54 Å². The van der Waals surface area contributed by atoms with E-state index in [2.05, 4.69) is 17.1 Å². The van der Waals surface area contributed by atoms with Crippen LogP contribution in [0.15, 0.2) is 84.0 Å². The van der Waals surface area contributed by atoms with Gasteiger partial charge >= 0.3 is 0 Å². The zero-order valence-corrected chi connectivity index (χ0v) is 14.5. The molecular weight excluding hydrogens is 326 g/mol. The van der Waals surface area contributed by atoms with Crippen LogP contribution in [0.5, 0.6) is 0 Å². The topological polar surface area (TPSA) is 55.2 Å². The number of amides is 1. The standard InChI is InChI=1S/C21H21N3O2/c25-20-8-4-5-14-23(20)17-21(26)24(16-19-9-12-22-13-10-19)15-11-18-6-2-1-3-7-18/h1-10,12-14H,11,15-17H2. The van der Waals surface area contributed by atoms with Crippen LogP contribution >= 0.6 is 0 Å². The lowest BCUT2D eigenvalue weighted by Crippen LogP contribution is -2.37. The summed E-state index contributed by atoms with van der Waals surface area (Å²) in [6.07, 6.45) is 5.84. The van der Waals surface area contributed by atoms with E-state index in [9.17, 15) is 9.59 Å². The van der Waals surface area contributed by atoms with E-state index >= 15 is 0 Å². The molecule has 0 spiro atoms. The van der Waals surface area contributed by atoms with Crippen LogP contribution in [0.2, 0.25) is 0 Å². The predicted octanol–water partition coefficient (Wildman–Crippen LogP) is 2.51. The van der Waals surface area contributed by atoms with Crippen LogP contribution < -0.4 is 5.56 Å². The smallest absolute Gasteiger partial charge is 0.250 e. The SMILES string of the molecule is O=C(Cn1ccccc1=O)N(CCc1ccccc1)Cc1ccncc1. The van der Waals surface area contributed by atoms with Crippen LogP contribution in [0.4, 0.5) is 0 Å². The average Bonchev–Trinajstić information content (AvgIpc) is 2.68. The Balaban J connectivity index is 1.74. The van der Waals surface area contributed by atoms with Crippen molar-refractivity contribution >= 4 is 5.91 Å². The summed E-state index contributed by atoms with van der Waals surface area (Å²) < 4.78 is 1.43. The van der Waals surface area contributed by atoms with E-state index in [4.69, 9.17) is 0 Å². The maximum Gasteiger partial charge on any atom is 0.250 e. The molecule has 0 unspecified atom stereocenters. The molecule has 2 heterocycles. The minimum Gasteiger partial charge on any atom is -0.336 e. The number of hydrogen-bond donors (Lipinski definition) is 0. The summed E-state index contributed by atoms with van der Waals surface area (Å²) in [7, 11) is 0. The van der Waals surface area contributed by atoms with Gasteiger partial charge in [0.25, 0.3) is 5.56 Å². The molecule has 0 bridgehead atoms. The molecular formula is C21H21N3O2. The molecule has 0 saturated heterocycles. The quantitative estimate of drug-likeness (QED) is 0.660. The van der Waals surface area contributed by atoms with Gasteiger partial charge in [0.05, 0.1) is 0 Å². The lowest BCUT2D eigenvalue weighted by atomic mass is 10.1. The van der Waals surface area contributed by atoms with Crippen molar-refractivity contribution in [3.05, 3.63) is 101 Å². The summed E-state index contributed by atoms with van der Waals surface area (Å²) in [5, 5.41) is 0. The third-order valence-electron chi connectivity index (χ3n) is 4.19. The van der Waals surface area contributed by atoms with E-state index in [1.807, 2.05) is 30.3 Å². The van der Waals surface area contributed by atoms with Gasteiger partial charge in [-0.15, -0.1) is 0 Å². The Labute approximate surface area is 152 Å². The van der Waals surface area contributed by atoms with Crippen molar-refractivity contribution in [3.8, 4) is 0 Å². The zero-order valence-electron chi connectivity index (χ0n) is 14.5. The Kier molecular flexibility index (Phi) is 5.93. The van der Waals surface area contributed by atoms with Crippen molar-refractivity contribution in [3.63, 3.8) is 0 Å². The number of pyridine rings is 2. The van der Waals surface area contributed by atoms with Crippen molar-refractivity contribution in [2.75, 3.05) is 6.54 Å². The summed E-state index contributed by atoms with van der Waals surface area (Å²) in [5.74, 6) is -0.0777. The van der Waals surface area contributed by atoms with E-state index in [1.165, 1.54) is 16.2 Å². The Bertz CT molecular complexity index is 892. The monoisotopic (exact) mass is 347 g/mol. The van der Waals surface area contributed by atoms with E-state index < -0.39 is 0 Å². The average molecular weight is 347 g/mol. The number of hydrogen-bond acceptors (Lipinski definition) is 3. The van der Waals surface area contributed by atoms with Crippen LogP contribution in [0, 0.1) is 0 Å². The van der Waals surface area contributed by atoms with Gasteiger partial charge in [0.15, 0.2) is 0 Å². The van der Waals surface area contributed by atoms with Crippen LogP contribution in [0.25, 0.3) is 0 Å². The third kappa shape index (κ3) is 4.89. The van der Waals surface area contributed by atoms with Crippen molar-refractivity contribution < 1.29 is 4.79 Å². The van der Waals surface area contributed by atoms with Gasteiger partial charge in [0, 0.05) is 37.7 Å². The summed E-state index contributed by atoms with van der Waals surface area (Å²) in [6.45, 7) is 1.13. The first-order valence-corrected chi connectivity index (χ1v) is 8.58. The fraction of sp³-hybridized carbons (Fsp3) is 0.190. The number of rotatable bonds is 7. The Morgan fingerprint density at radius 3 is 2.38 bits per heavy atom. The Morgan fingerprint density at radius 1 is 0.923 bits per heavy atom. The highest BCUT2D eigenvalue weighted by atomic mass is 16.2. The number of nitrogens with zero attached hydrogens (tertiary/aromatic N) is 3. The van der Waals surface area contributed by atoms with Crippen molar-refractivity contribution in [2.24, 2.45) is 0 Å². The van der Waals surface area contributed by atoms with Crippen LogP contribution in [-0.2, 0) is 24.3 Å². The van der Waals surface area contributed by atoms with Crippen LogP contribution in [0.1, 0.15) is 11.1 Å². The second kappa shape index (κ2) is 8.76. The number of carbonyl (C=O) groups excluding carboxylic acids is 1. The van der Waals surface area contributed by atoms with Crippen molar-refractivity contribution in [1.29, 1.82) is 0 Å². The minimum atomic E-state index is -0.173. The van der Waals surface area contributed by atoms with E-state index in [0.717, 1.165) is 12.0 Å². The molecule has 132 valence electrons. The normalized spacial score (nSPS) is 10.5. The van der Waals surface area contributed by atoms with Gasteiger partial charge in [-0.05, 0) is 35.7 Å². The van der Waals surface area contributed by atoms with Gasteiger partial charge in [-0.3, -0.25) is 14.6 Å². The zero-order chi connectivity index (χ0) is 18.2. The second-order valence-corrected chi connectivity index (χ2v) is 6.07. The molecule has 0 fully saturated rings. The highest BCUT2D eigenvalue weighted by Crippen LogP contribution is 2.08. The lowest BCUT2D eigenvalue weighted by Gasteiger charge is -2.23. The summed E-state index contributed by atoms with van der Waals surface area (Å²) in [5.41, 5.74) is 2.02. The van der Waals surface area contributed by atoms with Crippen LogP contribution in [0.3, 0.4) is 0 Å². The molecule has 0 aliphatic rings. The van der Waals surface area contributed by atoms with Crippen LogP contribution in [-0.4, -0.2) is 26.9 Å². The third-order valence-corrected chi connectivity index (χ3v) is 4.19. The number of carbonyl (C=O) groups is 1. The first kappa shape index (κ1) is 17.6. The molecule has 3 rings (SSSR count). The second-order valence-electron chi connectivity index (χ2n) is 6.07. The summed E-state index contributed by atoms with van der Waals surface area (Å²) >= 11 is 0. The molecule has 0 saturated carbocycles. The Morgan fingerprint density at radius 2 is 1.65 bits per heavy atom. The molecule has 0 aliphatic heterocycles. The van der Waals surface area contributed by atoms with Crippen molar-refractivity contribution in [2.45, 2.75) is 19.5 Å². The largest absolute Gasteiger partial charge is 0.336 e. The molecule has 1 amide bonds. The number of benzene rings is 1. The number of aromatic nitrogens is 2. The molecule has 2 aromatic heterocycles. The summed E-state index contributed by atoms with van der Waals surface area (Å²) in [4.78, 5) is 30.6. The first-order valence-electron chi connectivity index (χ1n) is 8.58. The van der Waals surface area contributed by atoms with Crippen molar-refractivity contribution in [1.82, 2.24) is 14.5 Å². The minimum absolute atomic E-state index is 0.0412. The van der Waals surface area contributed by atoms with Gasteiger partial charge in [-0.1, -0.05) is 36.4 Å². The molecule has 26 heavy (non-hydrogen) atoms. The fourth-order valence-electron chi connectivity index (χ4n) is 2.75. The first-order chi connectivity index (χ1) is 12.7. The fourth-order valence-corrected chi connectivity index (χ4v) is 2.75. The van der Waals surface area contributed by atoms with E-state index in [1.54, 1.807) is 35.6 Å². The molecule has 3 aromatic rings. The highest BCUT2D eigenvalue weighted by molar-refractivity contribution is 5.76. The molecule has 5 heteroatoms. The Hall–Kier alpha value is -3.21. The maximum atomic E-state index is 12.8. The van der Waals surface area contributed by atoms with Gasteiger partial charge in [0.2, 0.25) is 5.91 Å². The lowest BCUT2D eigenvalue weighted by molar-refractivity contribution is -0.132. The molecule has 0 N–H and O–H groups in total. The van der Waals surface area contributed by atoms with Gasteiger partial charge in [-0.25, -0.2) is 0 Å². The van der Waals surface area contributed by atoms with E-state index in [0.29, 0.717) is 13.1 Å². The highest BCUT2D eigenvalue weighted by Gasteiger charge is 2.15. The molecule has 0 radical (unpaired) electrons. The molecule has 0 aliphatic carbocycles. The summed E-state index contributed by atoms with van der Waals surface area (Å²) in [6, 6.07) is 18.8. The van der Waals surface area contributed by atoms with Gasteiger partial charge < -0.3 is 9.47 Å². The molecule has 1 aromatic carbocycles. The predicted molar refractivity (Wildman–Crippen MR) is 101 cm³/mol. The maximum absolute atomic E-state index is 12.8. The molecule has 5 nitrogen and oxygen atoms in total. The molecule has 0 atom stereocenters. The van der Waals surface area contributed by atoms with Gasteiger partial charge in [-0.2, -0.15) is 0 Å². The van der Waals surface area contributed by atoms with E-state index in [-0.39, 0.29) is 18.0 Å².